The summed E-state index contributed by atoms with van der Waals surface area (Å²) in [5.74, 6) is 0. The number of sulfone groups is 1. The number of halogens is 2. The third kappa shape index (κ3) is 4.84. The maximum atomic E-state index is 13.7. The molecule has 0 aliphatic carbocycles. The molecule has 0 unspecified atom stereocenters. The Morgan fingerprint density at radius 3 is 2.00 bits per heavy atom. The van der Waals surface area contributed by atoms with E-state index < -0.39 is 45.7 Å². The minimum absolute atomic E-state index is 0.129. The largest absolute Gasteiger partial charge is 0.356 e. The number of nitrogens with one attached hydrogen (secondary N) is 1. The predicted octanol–water partition coefficient (Wildman–Crippen LogP) is 3.87. The van der Waals surface area contributed by atoms with Gasteiger partial charge in [0.05, 0.1) is 16.0 Å². The van der Waals surface area contributed by atoms with Crippen LogP contribution in [0, 0.1) is 0 Å². The number of para-hydroxylation sites is 1. The van der Waals surface area contributed by atoms with Gasteiger partial charge in [-0.3, -0.25) is 0 Å². The second-order valence-electron chi connectivity index (χ2n) is 9.04. The van der Waals surface area contributed by atoms with Gasteiger partial charge in [-0.25, -0.2) is 30.5 Å². The lowest BCUT2D eigenvalue weighted by Gasteiger charge is -2.28. The maximum Gasteiger partial charge on any atom is 0.356 e. The summed E-state index contributed by atoms with van der Waals surface area (Å²) in [7, 11) is -13.9. The van der Waals surface area contributed by atoms with E-state index in [1.807, 2.05) is 4.72 Å². The molecule has 4 aromatic rings. The average molecular weight is 584 g/mol. The van der Waals surface area contributed by atoms with Crippen molar-refractivity contribution in [3.8, 4) is 0 Å². The van der Waals surface area contributed by atoms with Gasteiger partial charge in [0.2, 0.25) is 9.84 Å². The molecule has 2 aromatic heterocycles. The third-order valence-corrected chi connectivity index (χ3v) is 11.0. The molecule has 0 saturated carbocycles. The molecule has 9 nitrogen and oxygen atoms in total. The number of hydrogen-bond donors (Lipinski definition) is 1. The van der Waals surface area contributed by atoms with E-state index in [0.29, 0.717) is 5.39 Å². The molecule has 0 bridgehead atoms. The molecule has 2 heterocycles. The van der Waals surface area contributed by atoms with Crippen LogP contribution in [0.3, 0.4) is 0 Å². The zero-order valence-corrected chi connectivity index (χ0v) is 22.8. The average Bonchev–Trinajstić information content (AvgIpc) is 3.25. The van der Waals surface area contributed by atoms with E-state index >= 15 is 0 Å². The molecule has 202 valence electrons. The number of fused-ring (bicyclic) bond motifs is 1. The summed E-state index contributed by atoms with van der Waals surface area (Å²) in [4.78, 5) is 3.59. The van der Waals surface area contributed by atoms with Gasteiger partial charge in [-0.15, -0.1) is 0 Å². The molecule has 0 amide bonds. The van der Waals surface area contributed by atoms with Crippen LogP contribution in [0.5, 0.6) is 0 Å². The van der Waals surface area contributed by atoms with Crippen molar-refractivity contribution < 1.29 is 34.0 Å². The van der Waals surface area contributed by atoms with Crippen molar-refractivity contribution in [2.75, 3.05) is 0 Å². The van der Waals surface area contributed by atoms with Crippen molar-refractivity contribution in [2.24, 2.45) is 0 Å². The van der Waals surface area contributed by atoms with Gasteiger partial charge in [-0.2, -0.15) is 17.2 Å². The van der Waals surface area contributed by atoms with Crippen LogP contribution in [-0.2, 0) is 35.4 Å². The predicted molar refractivity (Wildman–Crippen MR) is 136 cm³/mol. The Morgan fingerprint density at radius 2 is 1.42 bits per heavy atom. The van der Waals surface area contributed by atoms with Gasteiger partial charge in [-0.1, -0.05) is 36.4 Å². The first kappa shape index (κ1) is 27.8. The second kappa shape index (κ2) is 9.22. The number of nitrogens with zero attached hydrogens (tertiary/aromatic N) is 2. The Labute approximate surface area is 219 Å². The number of hydrogen-bond acceptors (Lipinski definition) is 7. The van der Waals surface area contributed by atoms with E-state index in [-0.39, 0.29) is 27.9 Å². The zero-order chi connectivity index (χ0) is 28.1. The molecule has 0 fully saturated rings. The topological polar surface area (TPSA) is 132 Å². The second-order valence-corrected chi connectivity index (χ2v) is 14.6. The summed E-state index contributed by atoms with van der Waals surface area (Å²) in [6.07, 6.45) is 1.27. The Bertz CT molecular complexity index is 1830. The quantitative estimate of drug-likeness (QED) is 0.333. The van der Waals surface area contributed by atoms with Gasteiger partial charge in [0.25, 0.3) is 20.0 Å². The molecule has 38 heavy (non-hydrogen) atoms. The molecule has 1 N–H and O–H groups in total. The lowest BCUT2D eigenvalue weighted by molar-refractivity contribution is 0.110. The number of rotatable bonds is 8. The number of pyridine rings is 1. The van der Waals surface area contributed by atoms with Crippen molar-refractivity contribution in [1.82, 2.24) is 13.7 Å². The number of alkyl halides is 2. The van der Waals surface area contributed by atoms with Crippen molar-refractivity contribution in [3.63, 3.8) is 0 Å². The maximum absolute atomic E-state index is 13.7. The molecule has 0 saturated heterocycles. The van der Waals surface area contributed by atoms with Gasteiger partial charge in [0.1, 0.15) is 0 Å². The highest BCUT2D eigenvalue weighted by Gasteiger charge is 2.43. The number of benzene rings is 2. The van der Waals surface area contributed by atoms with Gasteiger partial charge < -0.3 is 0 Å². The zero-order valence-electron chi connectivity index (χ0n) is 20.3. The fraction of sp³-hybridized carbons (Fsp3) is 0.208. The fourth-order valence-electron chi connectivity index (χ4n) is 3.79. The lowest BCUT2D eigenvalue weighted by Crippen LogP contribution is -2.47. The molecular formula is C24H23F2N3O6S3. The van der Waals surface area contributed by atoms with Crippen LogP contribution in [0.15, 0.2) is 93.9 Å². The molecule has 0 aliphatic heterocycles. The molecule has 0 radical (unpaired) electrons. The summed E-state index contributed by atoms with van der Waals surface area (Å²) < 4.78 is 108. The normalized spacial score (nSPS) is 13.6. The Kier molecular flexibility index (Phi) is 6.75. The van der Waals surface area contributed by atoms with Crippen LogP contribution < -0.4 is 4.72 Å². The Morgan fingerprint density at radius 1 is 0.816 bits per heavy atom. The van der Waals surface area contributed by atoms with E-state index in [1.54, 1.807) is 18.2 Å². The fourth-order valence-corrected chi connectivity index (χ4v) is 8.03. The molecule has 14 heteroatoms. The summed E-state index contributed by atoms with van der Waals surface area (Å²) in [6.45, 7) is 2.94. The first-order valence-electron chi connectivity index (χ1n) is 11.0. The molecule has 0 spiro atoms. The van der Waals surface area contributed by atoms with E-state index in [1.165, 1.54) is 62.5 Å². The summed E-state index contributed by atoms with van der Waals surface area (Å²) in [6, 6.07) is 16.6. The van der Waals surface area contributed by atoms with Gasteiger partial charge >= 0.3 is 5.25 Å². The minimum atomic E-state index is -5.03. The van der Waals surface area contributed by atoms with Gasteiger partial charge in [0, 0.05) is 18.5 Å². The first-order valence-corrected chi connectivity index (χ1v) is 15.4. The number of sulfonamides is 1. The van der Waals surface area contributed by atoms with Crippen molar-refractivity contribution in [2.45, 2.75) is 46.5 Å². The smallest absolute Gasteiger partial charge is 0.243 e. The van der Waals surface area contributed by atoms with Gasteiger partial charge in [-0.05, 0) is 55.8 Å². The van der Waals surface area contributed by atoms with E-state index in [2.05, 4.69) is 4.98 Å². The number of aromatic nitrogens is 2. The van der Waals surface area contributed by atoms with Crippen molar-refractivity contribution >= 4 is 40.8 Å². The summed E-state index contributed by atoms with van der Waals surface area (Å²) in [5, 5.41) is -4.56. The van der Waals surface area contributed by atoms with Crippen LogP contribution in [0.1, 0.15) is 26.3 Å². The van der Waals surface area contributed by atoms with Crippen LogP contribution in [0.25, 0.3) is 10.9 Å². The van der Waals surface area contributed by atoms with Crippen LogP contribution >= 0.6 is 0 Å². The lowest BCUT2D eigenvalue weighted by atomic mass is 9.96. The first-order chi connectivity index (χ1) is 17.5. The molecule has 4 rings (SSSR count). The van der Waals surface area contributed by atoms with Crippen molar-refractivity contribution in [1.29, 1.82) is 0 Å². The van der Waals surface area contributed by atoms with E-state index in [4.69, 9.17) is 0 Å². The van der Waals surface area contributed by atoms with E-state index in [0.717, 1.165) is 16.1 Å². The van der Waals surface area contributed by atoms with Crippen LogP contribution in [0.4, 0.5) is 8.78 Å². The van der Waals surface area contributed by atoms with Crippen LogP contribution in [-0.4, -0.2) is 39.5 Å². The van der Waals surface area contributed by atoms with Gasteiger partial charge in [0.15, 0.2) is 10.1 Å². The Hall–Kier alpha value is -3.20. The highest BCUT2D eigenvalue weighted by Crippen LogP contribution is 2.33. The minimum Gasteiger partial charge on any atom is -0.243 e. The summed E-state index contributed by atoms with van der Waals surface area (Å²) >= 11 is 0. The van der Waals surface area contributed by atoms with Crippen LogP contribution in [0.2, 0.25) is 0 Å². The highest BCUT2D eigenvalue weighted by molar-refractivity contribution is 7.93. The molecular weight excluding hydrogens is 560 g/mol. The summed E-state index contributed by atoms with van der Waals surface area (Å²) in [5.41, 5.74) is -1.19. The molecule has 0 aliphatic rings. The molecule has 2 aromatic carbocycles. The van der Waals surface area contributed by atoms with Crippen molar-refractivity contribution in [3.05, 3.63) is 84.6 Å². The monoisotopic (exact) mass is 583 g/mol. The SMILES string of the molecule is CC(C)(NS(=O)(=O)C(C)(F)F)c1ccc(S(=O)(=O)c2cc3ccccc3n2S(=O)(=O)c2ccccn2)cc1. The molecule has 0 atom stereocenters. The standard InChI is InChI=1S/C24H23F2N3O6S3/c1-23(2,28-38(34,35)24(3,25)26)18-11-13-19(14-12-18)36(30,31)22-16-17-8-4-5-9-20(17)29(22)37(32,33)21-10-6-7-15-27-21/h4-16,28H,1-3H3. The Balaban J connectivity index is 1.82. The highest BCUT2D eigenvalue weighted by atomic mass is 32.2. The van der Waals surface area contributed by atoms with E-state index in [9.17, 15) is 34.0 Å². The third-order valence-electron chi connectivity index (χ3n) is 5.80.